The van der Waals surface area contributed by atoms with Gasteiger partial charge in [-0.25, -0.2) is 0 Å². The Kier molecular flexibility index (Phi) is 3.76. The van der Waals surface area contributed by atoms with E-state index in [1.807, 2.05) is 19.9 Å². The lowest BCUT2D eigenvalue weighted by Gasteiger charge is -1.96. The van der Waals surface area contributed by atoms with E-state index in [-0.39, 0.29) is 0 Å². The van der Waals surface area contributed by atoms with Gasteiger partial charge in [0.05, 0.1) is 12.9 Å². The van der Waals surface area contributed by atoms with Crippen molar-refractivity contribution in [1.82, 2.24) is 0 Å². The van der Waals surface area contributed by atoms with E-state index in [0.717, 1.165) is 11.5 Å². The van der Waals surface area contributed by atoms with E-state index in [0.29, 0.717) is 0 Å². The van der Waals surface area contributed by atoms with Crippen LogP contribution in [0.1, 0.15) is 13.8 Å². The number of rotatable bonds is 2. The summed E-state index contributed by atoms with van der Waals surface area (Å²) in [6.45, 7) is 3.83. The maximum absolute atomic E-state index is 4.90. The van der Waals surface area contributed by atoms with Crippen LogP contribution in [0, 0.1) is 0 Å². The number of methoxy groups -OCH3 is 1. The fourth-order valence-corrected chi connectivity index (χ4v) is 0.418. The second kappa shape index (κ2) is 4.13. The van der Waals surface area contributed by atoms with Crippen LogP contribution in [0.3, 0.4) is 0 Å². The molecule has 0 aromatic rings. The van der Waals surface area contributed by atoms with Crippen molar-refractivity contribution < 1.29 is 4.74 Å². The van der Waals surface area contributed by atoms with E-state index in [2.05, 4.69) is 4.99 Å². The third kappa shape index (κ3) is 3.76. The Hall–Kier alpha value is -0.790. The Bertz CT molecular complexity index is 136. The van der Waals surface area contributed by atoms with Crippen LogP contribution >= 0.6 is 0 Å². The molecule has 2 nitrogen and oxygen atoms in total. The molecule has 0 atom stereocenters. The van der Waals surface area contributed by atoms with Crippen LogP contribution in [0.15, 0.2) is 16.8 Å². The predicted molar refractivity (Wildman–Crippen MR) is 39.8 cm³/mol. The summed E-state index contributed by atoms with van der Waals surface area (Å²) in [5.74, 6) is 0.887. The first-order valence-corrected chi connectivity index (χ1v) is 2.86. The van der Waals surface area contributed by atoms with Gasteiger partial charge >= 0.3 is 0 Å². The van der Waals surface area contributed by atoms with Crippen molar-refractivity contribution in [2.24, 2.45) is 4.99 Å². The highest BCUT2D eigenvalue weighted by molar-refractivity contribution is 5.92. The SMILES string of the molecule is C/N=C(C)/C=C(/C)OC. The molecular formula is C7H13NO. The maximum Gasteiger partial charge on any atom is 0.0942 e. The molecule has 0 rings (SSSR count). The molecule has 0 spiro atoms. The number of allylic oxidation sites excluding steroid dienone is 2. The van der Waals surface area contributed by atoms with Gasteiger partial charge in [-0.2, -0.15) is 0 Å². The number of hydrogen-bond acceptors (Lipinski definition) is 2. The average Bonchev–Trinajstić information content (AvgIpc) is 1.87. The third-order valence-corrected chi connectivity index (χ3v) is 1.09. The van der Waals surface area contributed by atoms with Crippen molar-refractivity contribution in [3.05, 3.63) is 11.8 Å². The largest absolute Gasteiger partial charge is 0.501 e. The smallest absolute Gasteiger partial charge is 0.0942 e. The molecule has 52 valence electrons. The highest BCUT2D eigenvalue weighted by Gasteiger charge is 1.84. The van der Waals surface area contributed by atoms with Gasteiger partial charge in [0.15, 0.2) is 0 Å². The zero-order valence-corrected chi connectivity index (χ0v) is 6.43. The van der Waals surface area contributed by atoms with E-state index < -0.39 is 0 Å². The number of hydrogen-bond donors (Lipinski definition) is 0. The Balaban J connectivity index is 3.95. The second-order valence-corrected chi connectivity index (χ2v) is 1.82. The Morgan fingerprint density at radius 1 is 1.44 bits per heavy atom. The van der Waals surface area contributed by atoms with Crippen molar-refractivity contribution in [2.45, 2.75) is 13.8 Å². The fourth-order valence-electron chi connectivity index (χ4n) is 0.418. The lowest BCUT2D eigenvalue weighted by Crippen LogP contribution is -1.87. The average molecular weight is 127 g/mol. The molecule has 0 aromatic carbocycles. The van der Waals surface area contributed by atoms with Gasteiger partial charge in [0.25, 0.3) is 0 Å². The van der Waals surface area contributed by atoms with E-state index >= 15 is 0 Å². The van der Waals surface area contributed by atoms with Crippen molar-refractivity contribution in [2.75, 3.05) is 14.2 Å². The molecule has 0 unspecified atom stereocenters. The molecule has 0 radical (unpaired) electrons. The Morgan fingerprint density at radius 2 is 2.00 bits per heavy atom. The van der Waals surface area contributed by atoms with Crippen LogP contribution in [0.25, 0.3) is 0 Å². The quantitative estimate of drug-likeness (QED) is 0.408. The highest BCUT2D eigenvalue weighted by Crippen LogP contribution is 1.92. The molecule has 0 saturated carbocycles. The summed E-state index contributed by atoms with van der Waals surface area (Å²) in [5, 5.41) is 0. The Morgan fingerprint density at radius 3 is 2.33 bits per heavy atom. The topological polar surface area (TPSA) is 21.6 Å². The van der Waals surface area contributed by atoms with Gasteiger partial charge in [-0.15, -0.1) is 0 Å². The summed E-state index contributed by atoms with van der Waals surface area (Å²) in [5.41, 5.74) is 0.981. The van der Waals surface area contributed by atoms with Crippen molar-refractivity contribution in [3.8, 4) is 0 Å². The van der Waals surface area contributed by atoms with Crippen molar-refractivity contribution in [3.63, 3.8) is 0 Å². The number of nitrogens with zero attached hydrogens (tertiary/aromatic N) is 1. The van der Waals surface area contributed by atoms with E-state index in [4.69, 9.17) is 4.74 Å². The Labute approximate surface area is 56.2 Å². The second-order valence-electron chi connectivity index (χ2n) is 1.82. The summed E-state index contributed by atoms with van der Waals surface area (Å²) in [6, 6.07) is 0. The van der Waals surface area contributed by atoms with Crippen LogP contribution in [0.2, 0.25) is 0 Å². The third-order valence-electron chi connectivity index (χ3n) is 1.09. The summed E-state index contributed by atoms with van der Waals surface area (Å²) in [7, 11) is 3.41. The number of ether oxygens (including phenoxy) is 1. The molecule has 0 amide bonds. The van der Waals surface area contributed by atoms with E-state index in [9.17, 15) is 0 Å². The van der Waals surface area contributed by atoms with Gasteiger partial charge in [0, 0.05) is 12.8 Å². The first-order chi connectivity index (χ1) is 4.20. The minimum absolute atomic E-state index is 0.887. The molecule has 0 N–H and O–H groups in total. The normalized spacial score (nSPS) is 13.8. The molecule has 0 aliphatic heterocycles. The molecule has 0 aliphatic rings. The summed E-state index contributed by atoms with van der Waals surface area (Å²) in [6.07, 6.45) is 1.89. The van der Waals surface area contributed by atoms with Crippen molar-refractivity contribution in [1.29, 1.82) is 0 Å². The first kappa shape index (κ1) is 8.21. The monoisotopic (exact) mass is 127 g/mol. The molecular weight excluding hydrogens is 114 g/mol. The van der Waals surface area contributed by atoms with Crippen LogP contribution in [0.4, 0.5) is 0 Å². The van der Waals surface area contributed by atoms with Crippen molar-refractivity contribution >= 4 is 5.71 Å². The zero-order valence-electron chi connectivity index (χ0n) is 6.43. The van der Waals surface area contributed by atoms with Crippen LogP contribution < -0.4 is 0 Å². The van der Waals surface area contributed by atoms with Gasteiger partial charge in [0.2, 0.25) is 0 Å². The lowest BCUT2D eigenvalue weighted by atomic mass is 10.3. The summed E-state index contributed by atoms with van der Waals surface area (Å²) < 4.78 is 4.90. The van der Waals surface area contributed by atoms with Crippen LogP contribution in [-0.2, 0) is 4.74 Å². The van der Waals surface area contributed by atoms with Gasteiger partial charge in [0.1, 0.15) is 0 Å². The molecule has 9 heavy (non-hydrogen) atoms. The molecule has 0 fully saturated rings. The molecule has 0 aromatic heterocycles. The zero-order chi connectivity index (χ0) is 7.28. The standard InChI is InChI=1S/C7H13NO/c1-6(8-3)5-7(2)9-4/h5H,1-4H3/b7-5-,8-6+. The van der Waals surface area contributed by atoms with Crippen LogP contribution in [-0.4, -0.2) is 19.9 Å². The molecule has 0 saturated heterocycles. The molecule has 0 heterocycles. The van der Waals surface area contributed by atoms with Gasteiger partial charge in [-0.1, -0.05) is 0 Å². The van der Waals surface area contributed by atoms with Crippen LogP contribution in [0.5, 0.6) is 0 Å². The molecule has 0 bridgehead atoms. The summed E-state index contributed by atoms with van der Waals surface area (Å²) in [4.78, 5) is 3.94. The predicted octanol–water partition coefficient (Wildman–Crippen LogP) is 1.63. The lowest BCUT2D eigenvalue weighted by molar-refractivity contribution is 0.294. The maximum atomic E-state index is 4.90. The van der Waals surface area contributed by atoms with Gasteiger partial charge < -0.3 is 4.74 Å². The number of aliphatic imine (C=N–C) groups is 1. The van der Waals surface area contributed by atoms with Gasteiger partial charge in [-0.3, -0.25) is 4.99 Å². The highest BCUT2D eigenvalue weighted by atomic mass is 16.5. The minimum Gasteiger partial charge on any atom is -0.501 e. The molecule has 2 heteroatoms. The molecule has 0 aliphatic carbocycles. The summed E-state index contributed by atoms with van der Waals surface area (Å²) >= 11 is 0. The fraction of sp³-hybridized carbons (Fsp3) is 0.571. The van der Waals surface area contributed by atoms with E-state index in [1.54, 1.807) is 14.2 Å². The van der Waals surface area contributed by atoms with E-state index in [1.165, 1.54) is 0 Å². The minimum atomic E-state index is 0.887. The van der Waals surface area contributed by atoms with Gasteiger partial charge in [-0.05, 0) is 19.9 Å². The first-order valence-electron chi connectivity index (χ1n) is 2.86.